The molecule has 1 atom stereocenters. The van der Waals surface area contributed by atoms with Crippen molar-refractivity contribution in [3.8, 4) is 0 Å². The molecule has 1 N–H and O–H groups in total. The lowest BCUT2D eigenvalue weighted by molar-refractivity contribution is -0.139. The molecule has 0 amide bonds. The normalized spacial score (nSPS) is 14.7. The summed E-state index contributed by atoms with van der Waals surface area (Å²) in [7, 11) is 0. The van der Waals surface area contributed by atoms with Gasteiger partial charge in [0.1, 0.15) is 16.4 Å². The maximum atomic E-state index is 13.4. The van der Waals surface area contributed by atoms with Crippen molar-refractivity contribution in [1.82, 2.24) is 0 Å². The zero-order valence-corrected chi connectivity index (χ0v) is 9.07. The van der Waals surface area contributed by atoms with Crippen molar-refractivity contribution < 1.29 is 18.7 Å². The average Bonchev–Trinajstić information content (AvgIpc) is 2.20. The molecule has 0 aliphatic heterocycles. The van der Waals surface area contributed by atoms with Gasteiger partial charge in [-0.2, -0.15) is 0 Å². The molecule has 5 heteroatoms. The first-order valence-electron chi connectivity index (χ1n) is 4.16. The van der Waals surface area contributed by atoms with E-state index in [2.05, 4.69) is 0 Å². The van der Waals surface area contributed by atoms with E-state index in [1.807, 2.05) is 0 Å². The van der Waals surface area contributed by atoms with Gasteiger partial charge >= 0.3 is 5.97 Å². The van der Waals surface area contributed by atoms with Crippen LogP contribution in [-0.4, -0.2) is 17.3 Å². The van der Waals surface area contributed by atoms with Crippen LogP contribution in [0.4, 0.5) is 8.78 Å². The molecular weight excluding hydrogens is 222 g/mol. The molecule has 0 aliphatic carbocycles. The summed E-state index contributed by atoms with van der Waals surface area (Å²) in [5.74, 6) is -2.55. The first-order valence-corrected chi connectivity index (χ1v) is 5.38. The molecule has 1 aromatic rings. The van der Waals surface area contributed by atoms with Gasteiger partial charge in [0.25, 0.3) is 0 Å². The van der Waals surface area contributed by atoms with Gasteiger partial charge in [-0.1, -0.05) is 0 Å². The summed E-state index contributed by atoms with van der Waals surface area (Å²) < 4.78 is 24.8. The van der Waals surface area contributed by atoms with Crippen LogP contribution < -0.4 is 0 Å². The van der Waals surface area contributed by atoms with E-state index in [0.717, 1.165) is 30.0 Å². The van der Waals surface area contributed by atoms with E-state index in [1.54, 1.807) is 6.26 Å². The zero-order valence-electron chi connectivity index (χ0n) is 8.25. The monoisotopic (exact) mass is 232 g/mol. The molecular formula is C10H10F2O2S. The summed E-state index contributed by atoms with van der Waals surface area (Å²) in [5.41, 5.74) is -0.150. The Hall–Kier alpha value is -1.10. The minimum absolute atomic E-state index is 0.150. The Labute approximate surface area is 90.3 Å². The van der Waals surface area contributed by atoms with Crippen LogP contribution in [0.5, 0.6) is 0 Å². The van der Waals surface area contributed by atoms with Crippen LogP contribution in [0.3, 0.4) is 0 Å². The second-order valence-electron chi connectivity index (χ2n) is 3.17. The van der Waals surface area contributed by atoms with Gasteiger partial charge in [0.2, 0.25) is 0 Å². The van der Waals surface area contributed by atoms with Crippen LogP contribution in [0.25, 0.3) is 0 Å². The Kier molecular flexibility index (Phi) is 3.34. The Morgan fingerprint density at radius 3 is 2.53 bits per heavy atom. The molecule has 0 heterocycles. The van der Waals surface area contributed by atoms with Crippen molar-refractivity contribution in [3.63, 3.8) is 0 Å². The summed E-state index contributed by atoms with van der Waals surface area (Å²) in [4.78, 5) is 11.0. The Morgan fingerprint density at radius 2 is 2.07 bits per heavy atom. The van der Waals surface area contributed by atoms with Gasteiger partial charge in [-0.05, 0) is 31.4 Å². The highest BCUT2D eigenvalue weighted by Gasteiger charge is 2.37. The van der Waals surface area contributed by atoms with E-state index in [-0.39, 0.29) is 5.56 Å². The lowest BCUT2D eigenvalue weighted by Crippen LogP contribution is -2.29. The van der Waals surface area contributed by atoms with E-state index >= 15 is 0 Å². The van der Waals surface area contributed by atoms with E-state index in [4.69, 9.17) is 5.11 Å². The second kappa shape index (κ2) is 4.18. The lowest BCUT2D eigenvalue weighted by Gasteiger charge is -2.23. The van der Waals surface area contributed by atoms with E-state index in [9.17, 15) is 13.6 Å². The molecule has 0 bridgehead atoms. The van der Waals surface area contributed by atoms with Gasteiger partial charge in [0, 0.05) is 5.56 Å². The number of halogens is 2. The van der Waals surface area contributed by atoms with Crippen LogP contribution in [0.2, 0.25) is 0 Å². The summed E-state index contributed by atoms with van der Waals surface area (Å²) in [6.07, 6.45) is 1.54. The molecule has 1 unspecified atom stereocenters. The lowest BCUT2D eigenvalue weighted by atomic mass is 9.99. The number of thioether (sulfide) groups is 1. The number of benzene rings is 1. The number of carboxylic acid groups (broad SMARTS) is 1. The minimum Gasteiger partial charge on any atom is -0.480 e. The van der Waals surface area contributed by atoms with Gasteiger partial charge in [-0.15, -0.1) is 11.8 Å². The molecule has 0 aromatic heterocycles. The molecule has 82 valence electrons. The molecule has 0 spiro atoms. The second-order valence-corrected chi connectivity index (χ2v) is 4.39. The summed E-state index contributed by atoms with van der Waals surface area (Å²) in [6.45, 7) is 1.35. The predicted molar refractivity (Wildman–Crippen MR) is 54.9 cm³/mol. The van der Waals surface area contributed by atoms with Crippen LogP contribution >= 0.6 is 11.8 Å². The van der Waals surface area contributed by atoms with Crippen molar-refractivity contribution in [2.75, 3.05) is 6.26 Å². The van der Waals surface area contributed by atoms with Gasteiger partial charge in [0.05, 0.1) is 0 Å². The summed E-state index contributed by atoms with van der Waals surface area (Å²) in [5, 5.41) is 8.99. The van der Waals surface area contributed by atoms with Crippen LogP contribution in [0, 0.1) is 11.6 Å². The quantitative estimate of drug-likeness (QED) is 0.870. The zero-order chi connectivity index (χ0) is 11.6. The third kappa shape index (κ3) is 2.12. The largest absolute Gasteiger partial charge is 0.480 e. The first-order chi connectivity index (χ1) is 6.91. The van der Waals surface area contributed by atoms with Crippen molar-refractivity contribution >= 4 is 17.7 Å². The van der Waals surface area contributed by atoms with Gasteiger partial charge in [0.15, 0.2) is 0 Å². The standard InChI is InChI=1S/C10H10F2O2S/c1-10(15-2,9(13)14)7-5-6(11)3-4-8(7)12/h3-5H,1-2H3,(H,13,14). The highest BCUT2D eigenvalue weighted by molar-refractivity contribution is 8.00. The number of aliphatic carboxylic acids is 1. The average molecular weight is 232 g/mol. The van der Waals surface area contributed by atoms with Crippen molar-refractivity contribution in [1.29, 1.82) is 0 Å². The molecule has 0 radical (unpaired) electrons. The Balaban J connectivity index is 3.35. The Bertz CT molecular complexity index is 395. The predicted octanol–water partition coefficient (Wildman–Crippen LogP) is 2.63. The van der Waals surface area contributed by atoms with Crippen molar-refractivity contribution in [2.24, 2.45) is 0 Å². The molecule has 0 aliphatic rings. The SMILES string of the molecule is CSC(C)(C(=O)O)c1cc(F)ccc1F. The molecule has 0 saturated carbocycles. The van der Waals surface area contributed by atoms with Crippen LogP contribution in [0.15, 0.2) is 18.2 Å². The molecule has 0 fully saturated rings. The van der Waals surface area contributed by atoms with Crippen molar-refractivity contribution in [2.45, 2.75) is 11.7 Å². The fraction of sp³-hybridized carbons (Fsp3) is 0.300. The number of carbonyl (C=O) groups is 1. The highest BCUT2D eigenvalue weighted by Crippen LogP contribution is 2.36. The third-order valence-corrected chi connectivity index (χ3v) is 3.47. The minimum atomic E-state index is -1.47. The van der Waals surface area contributed by atoms with E-state index < -0.39 is 22.4 Å². The van der Waals surface area contributed by atoms with Gasteiger partial charge < -0.3 is 5.11 Å². The van der Waals surface area contributed by atoms with Crippen molar-refractivity contribution in [3.05, 3.63) is 35.4 Å². The highest BCUT2D eigenvalue weighted by atomic mass is 32.2. The van der Waals surface area contributed by atoms with E-state index in [0.29, 0.717) is 0 Å². The number of hydrogen-bond acceptors (Lipinski definition) is 2. The van der Waals surface area contributed by atoms with Crippen LogP contribution in [-0.2, 0) is 9.54 Å². The molecule has 15 heavy (non-hydrogen) atoms. The van der Waals surface area contributed by atoms with Crippen LogP contribution in [0.1, 0.15) is 12.5 Å². The smallest absolute Gasteiger partial charge is 0.324 e. The summed E-state index contributed by atoms with van der Waals surface area (Å²) in [6, 6.07) is 2.81. The number of rotatable bonds is 3. The number of carboxylic acids is 1. The van der Waals surface area contributed by atoms with Gasteiger partial charge in [-0.3, -0.25) is 4.79 Å². The summed E-state index contributed by atoms with van der Waals surface area (Å²) >= 11 is 0.950. The Morgan fingerprint density at radius 1 is 1.47 bits per heavy atom. The first kappa shape index (κ1) is 12.0. The molecule has 0 saturated heterocycles. The molecule has 2 nitrogen and oxygen atoms in total. The topological polar surface area (TPSA) is 37.3 Å². The fourth-order valence-corrected chi connectivity index (χ4v) is 1.73. The fourth-order valence-electron chi connectivity index (χ4n) is 1.18. The number of hydrogen-bond donors (Lipinski definition) is 1. The maximum absolute atomic E-state index is 13.4. The molecule has 1 aromatic carbocycles. The van der Waals surface area contributed by atoms with E-state index in [1.165, 1.54) is 6.92 Å². The molecule has 1 rings (SSSR count). The maximum Gasteiger partial charge on any atom is 0.324 e. The third-order valence-electron chi connectivity index (χ3n) is 2.26. The van der Waals surface area contributed by atoms with Gasteiger partial charge in [-0.25, -0.2) is 8.78 Å².